The van der Waals surface area contributed by atoms with E-state index in [9.17, 15) is 18.0 Å². The minimum atomic E-state index is -4.20. The van der Waals surface area contributed by atoms with Crippen LogP contribution in [-0.2, 0) is 4.79 Å². The third-order valence-corrected chi connectivity index (χ3v) is 1.92. The van der Waals surface area contributed by atoms with Crippen LogP contribution in [0.1, 0.15) is 25.7 Å². The average molecular weight is 207 g/mol. The molecule has 0 amide bonds. The van der Waals surface area contributed by atoms with Gasteiger partial charge in [-0.15, -0.1) is 6.58 Å². The molecule has 1 nitrogen and oxygen atoms in total. The summed E-state index contributed by atoms with van der Waals surface area (Å²) in [5.74, 6) is -1.69. The second kappa shape index (κ2) is 5.83. The number of alkyl halides is 3. The summed E-state index contributed by atoms with van der Waals surface area (Å²) < 4.78 is 36.8. The predicted octanol–water partition coefficient (Wildman–Crippen LogP) is 3.31. The number of allylic oxidation sites excluding steroid dienone is 1. The summed E-state index contributed by atoms with van der Waals surface area (Å²) in [6.07, 6.45) is -2.71. The van der Waals surface area contributed by atoms with Crippen LogP contribution < -0.4 is 0 Å². The maximum Gasteiger partial charge on any atom is 0.392 e. The van der Waals surface area contributed by atoms with Crippen molar-refractivity contribution in [2.24, 2.45) is 5.92 Å². The smallest absolute Gasteiger partial charge is 0.300 e. The molecule has 0 fully saturated rings. The van der Waals surface area contributed by atoms with Crippen LogP contribution in [0.15, 0.2) is 12.7 Å². The number of halogens is 3. The fourth-order valence-electron chi connectivity index (χ4n) is 1.16. The molecule has 0 unspecified atom stereocenters. The molecule has 0 saturated heterocycles. The molecule has 1 radical (unpaired) electrons. The Morgan fingerprint density at radius 1 is 1.43 bits per heavy atom. The van der Waals surface area contributed by atoms with Crippen molar-refractivity contribution < 1.29 is 18.0 Å². The Hall–Kier alpha value is -0.800. The van der Waals surface area contributed by atoms with Crippen LogP contribution in [0.2, 0.25) is 0 Å². The molecule has 0 N–H and O–H groups in total. The molecule has 0 bridgehead atoms. The van der Waals surface area contributed by atoms with E-state index in [4.69, 9.17) is 0 Å². The van der Waals surface area contributed by atoms with Gasteiger partial charge in [0.2, 0.25) is 0 Å². The molecule has 0 aliphatic carbocycles. The zero-order valence-corrected chi connectivity index (χ0v) is 7.94. The zero-order chi connectivity index (χ0) is 11.2. The van der Waals surface area contributed by atoms with E-state index in [0.717, 1.165) is 0 Å². The van der Waals surface area contributed by atoms with Gasteiger partial charge < -0.3 is 0 Å². The highest BCUT2D eigenvalue weighted by atomic mass is 19.4. The maximum atomic E-state index is 12.3. The van der Waals surface area contributed by atoms with Crippen LogP contribution in [0.4, 0.5) is 13.2 Å². The lowest BCUT2D eigenvalue weighted by atomic mass is 9.97. The number of Topliss-reactive ketones (excluding diaryl/α,β-unsaturated/α-hetero) is 1. The minimum Gasteiger partial charge on any atom is -0.300 e. The van der Waals surface area contributed by atoms with Gasteiger partial charge in [0, 0.05) is 13.3 Å². The van der Waals surface area contributed by atoms with Gasteiger partial charge in [-0.25, -0.2) is 0 Å². The molecule has 14 heavy (non-hydrogen) atoms. The van der Waals surface area contributed by atoms with Gasteiger partial charge in [-0.2, -0.15) is 13.2 Å². The maximum absolute atomic E-state index is 12.3. The van der Waals surface area contributed by atoms with Gasteiger partial charge in [-0.1, -0.05) is 6.08 Å². The summed E-state index contributed by atoms with van der Waals surface area (Å²) in [4.78, 5) is 10.4. The summed E-state index contributed by atoms with van der Waals surface area (Å²) in [6.45, 7) is 6.38. The number of carbonyl (C=O) groups is 1. The monoisotopic (exact) mass is 207 g/mol. The second-order valence-electron chi connectivity index (χ2n) is 3.19. The first kappa shape index (κ1) is 13.2. The van der Waals surface area contributed by atoms with Crippen LogP contribution in [0.5, 0.6) is 0 Å². The third kappa shape index (κ3) is 5.78. The van der Waals surface area contributed by atoms with Crippen LogP contribution in [0.25, 0.3) is 0 Å². The summed E-state index contributed by atoms with van der Waals surface area (Å²) in [5.41, 5.74) is 0. The standard InChI is InChI=1S/C10H14F3O/c1-3-5-9(10(11,12)13)7-4-6-8(2)14/h3,9H,1-2,4-7H2/t9-/m0/s1. The molecule has 1 atom stereocenters. The van der Waals surface area contributed by atoms with E-state index >= 15 is 0 Å². The first-order chi connectivity index (χ1) is 6.38. The van der Waals surface area contributed by atoms with Crippen LogP contribution in [0.3, 0.4) is 0 Å². The van der Waals surface area contributed by atoms with Crippen molar-refractivity contribution in [3.05, 3.63) is 19.6 Å². The van der Waals surface area contributed by atoms with E-state index in [1.54, 1.807) is 0 Å². The van der Waals surface area contributed by atoms with Crippen molar-refractivity contribution in [1.29, 1.82) is 0 Å². The Morgan fingerprint density at radius 3 is 2.36 bits per heavy atom. The average Bonchev–Trinajstić information content (AvgIpc) is 2.00. The van der Waals surface area contributed by atoms with Gasteiger partial charge in [0.1, 0.15) is 5.78 Å². The van der Waals surface area contributed by atoms with E-state index < -0.39 is 12.1 Å². The Morgan fingerprint density at radius 2 is 2.00 bits per heavy atom. The Balaban J connectivity index is 3.97. The third-order valence-electron chi connectivity index (χ3n) is 1.92. The molecule has 0 rings (SSSR count). The first-order valence-corrected chi connectivity index (χ1v) is 4.40. The van der Waals surface area contributed by atoms with Gasteiger partial charge in [0.05, 0.1) is 5.92 Å². The molecule has 0 aromatic heterocycles. The Labute approximate surface area is 82.0 Å². The van der Waals surface area contributed by atoms with Crippen LogP contribution >= 0.6 is 0 Å². The van der Waals surface area contributed by atoms with Crippen molar-refractivity contribution in [3.8, 4) is 0 Å². The topological polar surface area (TPSA) is 17.1 Å². The SMILES string of the molecule is [CH2]C(=O)CCC[C@H](CC=C)C(F)(F)F. The second-order valence-corrected chi connectivity index (χ2v) is 3.19. The van der Waals surface area contributed by atoms with Gasteiger partial charge in [-0.05, 0) is 19.3 Å². The van der Waals surface area contributed by atoms with Crippen molar-refractivity contribution in [2.75, 3.05) is 0 Å². The van der Waals surface area contributed by atoms with Gasteiger partial charge >= 0.3 is 6.18 Å². The van der Waals surface area contributed by atoms with E-state index in [1.165, 1.54) is 6.08 Å². The summed E-state index contributed by atoms with van der Waals surface area (Å²) in [6, 6.07) is 0. The molecule has 0 aliphatic rings. The molecule has 0 aromatic rings. The highest BCUT2D eigenvalue weighted by molar-refractivity contribution is 5.82. The number of hydrogen-bond donors (Lipinski definition) is 0. The van der Waals surface area contributed by atoms with Crippen LogP contribution in [-0.4, -0.2) is 12.0 Å². The highest BCUT2D eigenvalue weighted by Crippen LogP contribution is 2.32. The van der Waals surface area contributed by atoms with E-state index in [1.807, 2.05) is 0 Å². The summed E-state index contributed by atoms with van der Waals surface area (Å²) >= 11 is 0. The van der Waals surface area contributed by atoms with Gasteiger partial charge in [0.15, 0.2) is 0 Å². The summed E-state index contributed by atoms with van der Waals surface area (Å²) in [5, 5.41) is 0. The van der Waals surface area contributed by atoms with Gasteiger partial charge in [0.25, 0.3) is 0 Å². The lowest BCUT2D eigenvalue weighted by molar-refractivity contribution is -0.175. The molecular weight excluding hydrogens is 193 g/mol. The highest BCUT2D eigenvalue weighted by Gasteiger charge is 2.37. The molecule has 0 aromatic carbocycles. The van der Waals surface area contributed by atoms with Crippen molar-refractivity contribution in [3.63, 3.8) is 0 Å². The minimum absolute atomic E-state index is 0.0310. The lowest BCUT2D eigenvalue weighted by Crippen LogP contribution is -2.22. The number of ketones is 1. The molecule has 0 spiro atoms. The number of carbonyl (C=O) groups excluding carboxylic acids is 1. The summed E-state index contributed by atoms with van der Waals surface area (Å²) in [7, 11) is 0. The lowest BCUT2D eigenvalue weighted by Gasteiger charge is -2.18. The molecule has 81 valence electrons. The molecule has 0 aliphatic heterocycles. The van der Waals surface area contributed by atoms with Crippen molar-refractivity contribution in [2.45, 2.75) is 31.9 Å². The molecular formula is C10H14F3O. The number of hydrogen-bond acceptors (Lipinski definition) is 1. The first-order valence-electron chi connectivity index (χ1n) is 4.40. The van der Waals surface area contributed by atoms with Crippen molar-refractivity contribution >= 4 is 5.78 Å². The van der Waals surface area contributed by atoms with E-state index in [2.05, 4.69) is 13.5 Å². The van der Waals surface area contributed by atoms with Crippen molar-refractivity contribution in [1.82, 2.24) is 0 Å². The predicted molar refractivity (Wildman–Crippen MR) is 48.6 cm³/mol. The molecule has 4 heteroatoms. The largest absolute Gasteiger partial charge is 0.392 e. The fraction of sp³-hybridized carbons (Fsp3) is 0.600. The van der Waals surface area contributed by atoms with E-state index in [-0.39, 0.29) is 31.5 Å². The fourth-order valence-corrected chi connectivity index (χ4v) is 1.16. The zero-order valence-electron chi connectivity index (χ0n) is 7.94. The van der Waals surface area contributed by atoms with E-state index in [0.29, 0.717) is 0 Å². The number of rotatable bonds is 6. The Bertz CT molecular complexity index is 196. The molecule has 0 saturated carbocycles. The molecule has 0 heterocycles. The van der Waals surface area contributed by atoms with Crippen LogP contribution in [0, 0.1) is 12.8 Å². The quantitative estimate of drug-likeness (QED) is 0.610. The van der Waals surface area contributed by atoms with Gasteiger partial charge in [-0.3, -0.25) is 4.79 Å². The Kier molecular flexibility index (Phi) is 5.50. The normalized spacial score (nSPS) is 13.7.